The average Bonchev–Trinajstić information content (AvgIpc) is 2.63. The number of rotatable bonds is 2. The second-order valence-corrected chi connectivity index (χ2v) is 4.06. The molecular weight excluding hydrogens is 152 g/mol. The molecule has 0 aliphatic carbocycles. The Morgan fingerprint density at radius 1 is 1.42 bits per heavy atom. The van der Waals surface area contributed by atoms with Crippen molar-refractivity contribution in [2.45, 2.75) is 18.9 Å². The van der Waals surface area contributed by atoms with E-state index in [9.17, 15) is 5.11 Å². The van der Waals surface area contributed by atoms with Crippen molar-refractivity contribution in [1.29, 1.82) is 0 Å². The van der Waals surface area contributed by atoms with Crippen molar-refractivity contribution in [3.8, 4) is 0 Å². The molecule has 0 saturated carbocycles. The number of nitrogens with one attached hydrogen (secondary N) is 1. The Hall–Kier alpha value is -0.120. The number of likely N-dealkylation sites (tertiary alicyclic amines) is 1. The van der Waals surface area contributed by atoms with Crippen molar-refractivity contribution in [3.63, 3.8) is 0 Å². The van der Waals surface area contributed by atoms with Crippen LogP contribution in [0.4, 0.5) is 0 Å². The molecule has 2 saturated heterocycles. The number of nitrogens with zero attached hydrogens (tertiary/aromatic N) is 1. The second kappa shape index (κ2) is 3.73. The first-order chi connectivity index (χ1) is 5.84. The Kier molecular flexibility index (Phi) is 2.63. The summed E-state index contributed by atoms with van der Waals surface area (Å²) in [5.74, 6) is 0.829. The predicted molar refractivity (Wildman–Crippen MR) is 48.0 cm³/mol. The zero-order valence-corrected chi connectivity index (χ0v) is 7.50. The molecule has 3 heteroatoms. The molecule has 2 heterocycles. The van der Waals surface area contributed by atoms with E-state index < -0.39 is 0 Å². The highest BCUT2D eigenvalue weighted by molar-refractivity contribution is 4.80. The lowest BCUT2D eigenvalue weighted by Crippen LogP contribution is -2.29. The van der Waals surface area contributed by atoms with Gasteiger partial charge in [-0.1, -0.05) is 0 Å². The highest BCUT2D eigenvalue weighted by Crippen LogP contribution is 2.14. The molecule has 0 aromatic carbocycles. The second-order valence-electron chi connectivity index (χ2n) is 4.06. The highest BCUT2D eigenvalue weighted by atomic mass is 16.3. The summed E-state index contributed by atoms with van der Waals surface area (Å²) in [7, 11) is 0. The third kappa shape index (κ3) is 1.97. The molecule has 0 amide bonds. The van der Waals surface area contributed by atoms with Gasteiger partial charge in [0.2, 0.25) is 0 Å². The van der Waals surface area contributed by atoms with Gasteiger partial charge in [-0.05, 0) is 31.8 Å². The van der Waals surface area contributed by atoms with Crippen LogP contribution in [0.15, 0.2) is 0 Å². The van der Waals surface area contributed by atoms with Crippen molar-refractivity contribution < 1.29 is 5.11 Å². The fourth-order valence-electron chi connectivity index (χ4n) is 2.21. The van der Waals surface area contributed by atoms with E-state index in [0.717, 1.165) is 25.4 Å². The number of β-amino-alcohol motifs (C(OH)–C–C–N with tert-alkyl or cyclic N) is 1. The molecule has 0 aromatic heterocycles. The van der Waals surface area contributed by atoms with Crippen LogP contribution in [0.1, 0.15) is 12.8 Å². The summed E-state index contributed by atoms with van der Waals surface area (Å²) in [5.41, 5.74) is 0. The van der Waals surface area contributed by atoms with Crippen LogP contribution >= 0.6 is 0 Å². The maximum Gasteiger partial charge on any atom is 0.0679 e. The van der Waals surface area contributed by atoms with E-state index in [2.05, 4.69) is 10.2 Å². The third-order valence-corrected chi connectivity index (χ3v) is 2.93. The fraction of sp³-hybridized carbons (Fsp3) is 1.00. The van der Waals surface area contributed by atoms with Crippen LogP contribution in [0.5, 0.6) is 0 Å². The van der Waals surface area contributed by atoms with Crippen LogP contribution in [0, 0.1) is 5.92 Å². The van der Waals surface area contributed by atoms with E-state index in [1.807, 2.05) is 0 Å². The average molecular weight is 170 g/mol. The van der Waals surface area contributed by atoms with Gasteiger partial charge in [0.25, 0.3) is 0 Å². The molecule has 3 nitrogen and oxygen atoms in total. The molecule has 0 aromatic rings. The quantitative estimate of drug-likeness (QED) is 0.595. The van der Waals surface area contributed by atoms with Gasteiger partial charge in [-0.25, -0.2) is 0 Å². The van der Waals surface area contributed by atoms with Gasteiger partial charge < -0.3 is 15.3 Å². The Morgan fingerprint density at radius 3 is 2.92 bits per heavy atom. The van der Waals surface area contributed by atoms with Gasteiger partial charge >= 0.3 is 0 Å². The van der Waals surface area contributed by atoms with Crippen LogP contribution in [0.2, 0.25) is 0 Å². The van der Waals surface area contributed by atoms with Crippen LogP contribution < -0.4 is 5.32 Å². The first-order valence-electron chi connectivity index (χ1n) is 4.96. The predicted octanol–water partition coefficient (Wildman–Crippen LogP) is -0.337. The molecule has 0 unspecified atom stereocenters. The van der Waals surface area contributed by atoms with E-state index in [1.54, 1.807) is 0 Å². The summed E-state index contributed by atoms with van der Waals surface area (Å²) in [6, 6.07) is 0. The molecule has 2 N–H and O–H groups in total. The summed E-state index contributed by atoms with van der Waals surface area (Å²) >= 11 is 0. The molecule has 2 atom stereocenters. The van der Waals surface area contributed by atoms with Gasteiger partial charge in [-0.15, -0.1) is 0 Å². The number of hydrogen-bond donors (Lipinski definition) is 2. The molecule has 2 aliphatic rings. The topological polar surface area (TPSA) is 35.5 Å². The van der Waals surface area contributed by atoms with Crippen molar-refractivity contribution in [1.82, 2.24) is 10.2 Å². The normalized spacial score (nSPS) is 37.8. The maximum absolute atomic E-state index is 9.32. The summed E-state index contributed by atoms with van der Waals surface area (Å²) in [6.07, 6.45) is 2.23. The van der Waals surface area contributed by atoms with Crippen LogP contribution in [0.25, 0.3) is 0 Å². The lowest BCUT2D eigenvalue weighted by Gasteiger charge is -2.18. The van der Waals surface area contributed by atoms with Crippen molar-refractivity contribution in [3.05, 3.63) is 0 Å². The molecule has 0 bridgehead atoms. The molecule has 2 aliphatic heterocycles. The molecule has 70 valence electrons. The maximum atomic E-state index is 9.32. The van der Waals surface area contributed by atoms with E-state index in [0.29, 0.717) is 0 Å². The number of aliphatic hydroxyl groups is 1. The third-order valence-electron chi connectivity index (χ3n) is 2.93. The van der Waals surface area contributed by atoms with E-state index in [4.69, 9.17) is 0 Å². The largest absolute Gasteiger partial charge is 0.392 e. The van der Waals surface area contributed by atoms with Gasteiger partial charge in [-0.2, -0.15) is 0 Å². The first-order valence-corrected chi connectivity index (χ1v) is 4.96. The Labute approximate surface area is 73.8 Å². The lowest BCUT2D eigenvalue weighted by atomic mass is 10.1. The minimum absolute atomic E-state index is 0.0561. The van der Waals surface area contributed by atoms with E-state index in [1.165, 1.54) is 26.1 Å². The van der Waals surface area contributed by atoms with E-state index in [-0.39, 0.29) is 6.10 Å². The van der Waals surface area contributed by atoms with Gasteiger partial charge in [0.05, 0.1) is 6.10 Å². The highest BCUT2D eigenvalue weighted by Gasteiger charge is 2.24. The Bertz CT molecular complexity index is 145. The molecular formula is C9H18N2O. The van der Waals surface area contributed by atoms with Crippen molar-refractivity contribution >= 4 is 0 Å². The zero-order valence-electron chi connectivity index (χ0n) is 7.50. The lowest BCUT2D eigenvalue weighted by molar-refractivity contribution is 0.171. The van der Waals surface area contributed by atoms with Crippen LogP contribution in [-0.4, -0.2) is 48.8 Å². The molecule has 2 rings (SSSR count). The van der Waals surface area contributed by atoms with Gasteiger partial charge in [0, 0.05) is 19.6 Å². The van der Waals surface area contributed by atoms with Crippen LogP contribution in [0.3, 0.4) is 0 Å². The number of aliphatic hydroxyl groups excluding tert-OH is 1. The Balaban J connectivity index is 1.72. The first kappa shape index (κ1) is 8.48. The standard InChI is InChI=1S/C9H18N2O/c12-9-2-4-11(7-9)6-8-1-3-10-5-8/h8-10,12H,1-7H2/t8-,9-/m0/s1. The molecule has 0 spiro atoms. The Morgan fingerprint density at radius 2 is 2.33 bits per heavy atom. The van der Waals surface area contributed by atoms with Gasteiger partial charge in [-0.3, -0.25) is 0 Å². The monoisotopic (exact) mass is 170 g/mol. The minimum atomic E-state index is -0.0561. The van der Waals surface area contributed by atoms with E-state index >= 15 is 0 Å². The fourth-order valence-corrected chi connectivity index (χ4v) is 2.21. The summed E-state index contributed by atoms with van der Waals surface area (Å²) in [4.78, 5) is 2.39. The van der Waals surface area contributed by atoms with Crippen LogP contribution in [-0.2, 0) is 0 Å². The van der Waals surface area contributed by atoms with Crippen molar-refractivity contribution in [2.75, 3.05) is 32.7 Å². The molecule has 12 heavy (non-hydrogen) atoms. The zero-order chi connectivity index (χ0) is 8.39. The summed E-state index contributed by atoms with van der Waals surface area (Å²) in [6.45, 7) is 5.53. The minimum Gasteiger partial charge on any atom is -0.392 e. The number of hydrogen-bond acceptors (Lipinski definition) is 3. The SMILES string of the molecule is O[C@H]1CCN(C[C@H]2CCNC2)C1. The summed E-state index contributed by atoms with van der Waals surface area (Å²) < 4.78 is 0. The summed E-state index contributed by atoms with van der Waals surface area (Å²) in [5, 5.41) is 12.7. The molecule has 2 fully saturated rings. The van der Waals surface area contributed by atoms with Gasteiger partial charge in [0.15, 0.2) is 0 Å². The van der Waals surface area contributed by atoms with Crippen molar-refractivity contribution in [2.24, 2.45) is 5.92 Å². The van der Waals surface area contributed by atoms with Gasteiger partial charge in [0.1, 0.15) is 0 Å². The smallest absolute Gasteiger partial charge is 0.0679 e. The molecule has 0 radical (unpaired) electrons.